The van der Waals surface area contributed by atoms with Crippen LogP contribution >= 0.6 is 0 Å². The highest BCUT2D eigenvalue weighted by atomic mass is 16.5. The molecule has 0 radical (unpaired) electrons. The number of aromatic hydroxyl groups is 1. The summed E-state index contributed by atoms with van der Waals surface area (Å²) in [4.78, 5) is 12.3. The molecule has 0 spiro atoms. The Morgan fingerprint density at radius 1 is 1.22 bits per heavy atom. The van der Waals surface area contributed by atoms with E-state index in [1.165, 1.54) is 6.08 Å². The van der Waals surface area contributed by atoms with Crippen LogP contribution in [0.5, 0.6) is 17.2 Å². The van der Waals surface area contributed by atoms with Gasteiger partial charge in [-0.3, -0.25) is 4.79 Å². The lowest BCUT2D eigenvalue weighted by molar-refractivity contribution is 0.104. The van der Waals surface area contributed by atoms with Crippen LogP contribution in [0.2, 0.25) is 0 Å². The summed E-state index contributed by atoms with van der Waals surface area (Å²) < 4.78 is 10.5. The molecule has 0 aliphatic carbocycles. The van der Waals surface area contributed by atoms with E-state index in [1.54, 1.807) is 37.5 Å². The molecule has 23 heavy (non-hydrogen) atoms. The van der Waals surface area contributed by atoms with Crippen LogP contribution in [0.15, 0.2) is 48.6 Å². The van der Waals surface area contributed by atoms with E-state index in [9.17, 15) is 9.90 Å². The number of phenolic OH excluding ortho intramolecular Hbond substituents is 1. The minimum Gasteiger partial charge on any atom is -0.506 e. The summed E-state index contributed by atoms with van der Waals surface area (Å²) >= 11 is 0. The fraction of sp³-hybridized carbons (Fsp3) is 0.105. The Kier molecular flexibility index (Phi) is 4.15. The SMILES string of the molecule is COc1ccc(/C=C/C(=O)c2ccc3c(c2O)C=CCO3)cc1. The Labute approximate surface area is 134 Å². The molecule has 2 aromatic carbocycles. The van der Waals surface area contributed by atoms with Crippen molar-refractivity contribution in [2.45, 2.75) is 0 Å². The predicted octanol–water partition coefficient (Wildman–Crippen LogP) is 3.70. The third kappa shape index (κ3) is 3.11. The van der Waals surface area contributed by atoms with Crippen molar-refractivity contribution in [3.05, 3.63) is 65.2 Å². The highest BCUT2D eigenvalue weighted by molar-refractivity contribution is 6.09. The molecule has 1 heterocycles. The summed E-state index contributed by atoms with van der Waals surface area (Å²) in [5, 5.41) is 10.3. The Morgan fingerprint density at radius 3 is 2.74 bits per heavy atom. The standard InChI is InChI=1S/C19H16O4/c1-22-14-7-4-13(5-8-14)6-10-17(20)15-9-11-18-16(19(15)21)3-2-12-23-18/h2-11,21H,12H2,1H3/b10-6+. The molecule has 0 bridgehead atoms. The maximum atomic E-state index is 12.3. The lowest BCUT2D eigenvalue weighted by Crippen LogP contribution is -2.03. The minimum absolute atomic E-state index is 0.0529. The topological polar surface area (TPSA) is 55.8 Å². The van der Waals surface area contributed by atoms with Crippen LogP contribution in [0.25, 0.3) is 12.2 Å². The second kappa shape index (κ2) is 6.40. The molecule has 2 aromatic rings. The molecule has 4 heteroatoms. The zero-order valence-corrected chi connectivity index (χ0v) is 12.7. The number of fused-ring (bicyclic) bond motifs is 1. The van der Waals surface area contributed by atoms with E-state index in [1.807, 2.05) is 24.3 Å². The van der Waals surface area contributed by atoms with Gasteiger partial charge in [-0.05, 0) is 48.1 Å². The van der Waals surface area contributed by atoms with Gasteiger partial charge in [0.25, 0.3) is 0 Å². The van der Waals surface area contributed by atoms with E-state index in [-0.39, 0.29) is 17.1 Å². The van der Waals surface area contributed by atoms with Crippen LogP contribution in [0.3, 0.4) is 0 Å². The smallest absolute Gasteiger partial charge is 0.189 e. The first-order valence-corrected chi connectivity index (χ1v) is 7.21. The molecule has 1 aliphatic rings. The molecule has 3 rings (SSSR count). The average molecular weight is 308 g/mol. The number of carbonyl (C=O) groups excluding carboxylic acids is 1. The van der Waals surface area contributed by atoms with Crippen molar-refractivity contribution < 1.29 is 19.4 Å². The highest BCUT2D eigenvalue weighted by Gasteiger charge is 2.17. The van der Waals surface area contributed by atoms with Crippen molar-refractivity contribution in [1.29, 1.82) is 0 Å². The predicted molar refractivity (Wildman–Crippen MR) is 89.0 cm³/mol. The highest BCUT2D eigenvalue weighted by Crippen LogP contribution is 2.34. The Balaban J connectivity index is 1.83. The first-order valence-electron chi connectivity index (χ1n) is 7.21. The van der Waals surface area contributed by atoms with Gasteiger partial charge < -0.3 is 14.6 Å². The number of phenols is 1. The van der Waals surface area contributed by atoms with Gasteiger partial charge in [-0.25, -0.2) is 0 Å². The van der Waals surface area contributed by atoms with Gasteiger partial charge in [0.2, 0.25) is 0 Å². The van der Waals surface area contributed by atoms with Crippen LogP contribution in [0.1, 0.15) is 21.5 Å². The minimum atomic E-state index is -0.264. The molecule has 0 atom stereocenters. The molecular formula is C19H16O4. The summed E-state index contributed by atoms with van der Waals surface area (Å²) in [5.41, 5.74) is 1.67. The van der Waals surface area contributed by atoms with E-state index >= 15 is 0 Å². The van der Waals surface area contributed by atoms with Gasteiger partial charge in [0, 0.05) is 0 Å². The first kappa shape index (κ1) is 14.9. The molecule has 4 nitrogen and oxygen atoms in total. The quantitative estimate of drug-likeness (QED) is 0.691. The normalized spacial score (nSPS) is 12.7. The van der Waals surface area contributed by atoms with Gasteiger partial charge >= 0.3 is 0 Å². The number of hydrogen-bond acceptors (Lipinski definition) is 4. The number of allylic oxidation sites excluding steroid dienone is 1. The summed E-state index contributed by atoms with van der Waals surface area (Å²) in [6.45, 7) is 0.469. The summed E-state index contributed by atoms with van der Waals surface area (Å²) in [6, 6.07) is 10.6. The number of benzene rings is 2. The van der Waals surface area contributed by atoms with Crippen LogP contribution in [0.4, 0.5) is 0 Å². The molecule has 0 aromatic heterocycles. The Hall–Kier alpha value is -3.01. The average Bonchev–Trinajstić information content (AvgIpc) is 2.60. The number of carbonyl (C=O) groups is 1. The van der Waals surface area contributed by atoms with E-state index in [0.29, 0.717) is 17.9 Å². The third-order valence-corrected chi connectivity index (χ3v) is 3.61. The summed E-state index contributed by atoms with van der Waals surface area (Å²) in [7, 11) is 1.60. The molecule has 1 N–H and O–H groups in total. The number of hydrogen-bond donors (Lipinski definition) is 1. The maximum absolute atomic E-state index is 12.3. The molecular weight excluding hydrogens is 292 g/mol. The Bertz CT molecular complexity index is 786. The van der Waals surface area contributed by atoms with Gasteiger partial charge in [-0.2, -0.15) is 0 Å². The van der Waals surface area contributed by atoms with Crippen molar-refractivity contribution in [3.8, 4) is 17.2 Å². The lowest BCUT2D eigenvalue weighted by Gasteiger charge is -2.14. The fourth-order valence-electron chi connectivity index (χ4n) is 2.36. The number of ether oxygens (including phenoxy) is 2. The summed E-state index contributed by atoms with van der Waals surface area (Å²) in [5.74, 6) is 1.02. The zero-order valence-electron chi connectivity index (χ0n) is 12.7. The van der Waals surface area contributed by atoms with E-state index in [2.05, 4.69) is 0 Å². The third-order valence-electron chi connectivity index (χ3n) is 3.61. The molecule has 1 aliphatic heterocycles. The van der Waals surface area contributed by atoms with Crippen LogP contribution in [-0.2, 0) is 0 Å². The molecule has 0 amide bonds. The molecule has 116 valence electrons. The van der Waals surface area contributed by atoms with Crippen molar-refractivity contribution in [3.63, 3.8) is 0 Å². The molecule has 0 saturated heterocycles. The van der Waals surface area contributed by atoms with Gasteiger partial charge in [-0.1, -0.05) is 18.2 Å². The van der Waals surface area contributed by atoms with Crippen molar-refractivity contribution in [2.24, 2.45) is 0 Å². The molecule has 0 saturated carbocycles. The number of ketones is 1. The maximum Gasteiger partial charge on any atom is 0.189 e. The van der Waals surface area contributed by atoms with Crippen LogP contribution in [0, 0.1) is 0 Å². The second-order valence-corrected chi connectivity index (χ2v) is 5.06. The van der Waals surface area contributed by atoms with E-state index in [0.717, 1.165) is 11.3 Å². The monoisotopic (exact) mass is 308 g/mol. The molecule has 0 fully saturated rings. The largest absolute Gasteiger partial charge is 0.506 e. The summed E-state index contributed by atoms with van der Waals surface area (Å²) in [6.07, 6.45) is 6.70. The van der Waals surface area contributed by atoms with Crippen molar-refractivity contribution in [2.75, 3.05) is 13.7 Å². The van der Waals surface area contributed by atoms with Gasteiger partial charge in [-0.15, -0.1) is 0 Å². The van der Waals surface area contributed by atoms with Gasteiger partial charge in [0.05, 0.1) is 18.2 Å². The number of methoxy groups -OCH3 is 1. The number of rotatable bonds is 4. The van der Waals surface area contributed by atoms with Crippen LogP contribution < -0.4 is 9.47 Å². The first-order chi connectivity index (χ1) is 11.2. The van der Waals surface area contributed by atoms with Crippen molar-refractivity contribution >= 4 is 17.9 Å². The van der Waals surface area contributed by atoms with E-state index < -0.39 is 0 Å². The van der Waals surface area contributed by atoms with Gasteiger partial charge in [0.1, 0.15) is 23.9 Å². The van der Waals surface area contributed by atoms with Crippen molar-refractivity contribution in [1.82, 2.24) is 0 Å². The fourth-order valence-corrected chi connectivity index (χ4v) is 2.36. The molecule has 0 unspecified atom stereocenters. The Morgan fingerprint density at radius 2 is 2.00 bits per heavy atom. The van der Waals surface area contributed by atoms with Crippen LogP contribution in [-0.4, -0.2) is 24.6 Å². The zero-order chi connectivity index (χ0) is 16.2. The lowest BCUT2D eigenvalue weighted by atomic mass is 10.0. The second-order valence-electron chi connectivity index (χ2n) is 5.06. The van der Waals surface area contributed by atoms with E-state index in [4.69, 9.17) is 9.47 Å². The van der Waals surface area contributed by atoms with Gasteiger partial charge in [0.15, 0.2) is 5.78 Å².